The highest BCUT2D eigenvalue weighted by molar-refractivity contribution is 7.89. The van der Waals surface area contributed by atoms with Crippen molar-refractivity contribution in [3.8, 4) is 0 Å². The summed E-state index contributed by atoms with van der Waals surface area (Å²) in [5.41, 5.74) is 2.23. The average Bonchev–Trinajstić information content (AvgIpc) is 2.87. The van der Waals surface area contributed by atoms with Crippen molar-refractivity contribution in [2.75, 3.05) is 6.54 Å². The maximum Gasteiger partial charge on any atom is 0.323 e. The Labute approximate surface area is 143 Å². The monoisotopic (exact) mass is 365 g/mol. The van der Waals surface area contributed by atoms with Crippen molar-refractivity contribution in [3.63, 3.8) is 0 Å². The molecule has 1 heterocycles. The first kappa shape index (κ1) is 16.8. The number of hydrogen-bond acceptors (Lipinski definition) is 3. The number of aryl methyl sites for hydroxylation is 1. The Morgan fingerprint density at radius 3 is 2.38 bits per heavy atom. The number of imidazole rings is 1. The van der Waals surface area contributed by atoms with Crippen molar-refractivity contribution in [2.24, 2.45) is 0 Å². The SMILES string of the molecule is Cc1cc2[nH]c(=O)[nH]c2cc1S(=O)(=O)NCCc1ccc(Cl)cc1. The molecule has 3 aromatic rings. The normalized spacial score (nSPS) is 11.9. The second kappa shape index (κ2) is 6.43. The van der Waals surface area contributed by atoms with Gasteiger partial charge in [0.05, 0.1) is 15.9 Å². The molecule has 3 rings (SSSR count). The predicted octanol–water partition coefficient (Wildman–Crippen LogP) is 2.34. The Morgan fingerprint density at radius 1 is 1.08 bits per heavy atom. The summed E-state index contributed by atoms with van der Waals surface area (Å²) in [6, 6.07) is 10.4. The van der Waals surface area contributed by atoms with E-state index in [4.69, 9.17) is 11.6 Å². The van der Waals surface area contributed by atoms with Crippen molar-refractivity contribution in [3.05, 3.63) is 63.0 Å². The lowest BCUT2D eigenvalue weighted by Crippen LogP contribution is -2.26. The number of halogens is 1. The van der Waals surface area contributed by atoms with Gasteiger partial charge in [-0.25, -0.2) is 17.9 Å². The summed E-state index contributed by atoms with van der Waals surface area (Å²) >= 11 is 5.83. The molecule has 0 fully saturated rings. The molecular weight excluding hydrogens is 350 g/mol. The molecule has 0 saturated heterocycles. The van der Waals surface area contributed by atoms with Crippen LogP contribution in [0.2, 0.25) is 5.02 Å². The highest BCUT2D eigenvalue weighted by Gasteiger charge is 2.18. The number of nitrogens with one attached hydrogen (secondary N) is 3. The molecule has 0 aliphatic rings. The summed E-state index contributed by atoms with van der Waals surface area (Å²) in [5, 5.41) is 0.642. The number of fused-ring (bicyclic) bond motifs is 1. The van der Waals surface area contributed by atoms with Gasteiger partial charge in [0.15, 0.2) is 0 Å². The van der Waals surface area contributed by atoms with E-state index in [-0.39, 0.29) is 17.1 Å². The van der Waals surface area contributed by atoms with E-state index in [0.717, 1.165) is 5.56 Å². The zero-order valence-corrected chi connectivity index (χ0v) is 14.5. The minimum absolute atomic E-state index is 0.154. The number of sulfonamides is 1. The van der Waals surface area contributed by atoms with Crippen LogP contribution in [0.1, 0.15) is 11.1 Å². The summed E-state index contributed by atoms with van der Waals surface area (Å²) in [6.07, 6.45) is 0.554. The molecule has 0 amide bonds. The lowest BCUT2D eigenvalue weighted by atomic mass is 10.2. The van der Waals surface area contributed by atoms with E-state index in [0.29, 0.717) is 28.0 Å². The van der Waals surface area contributed by atoms with Crippen molar-refractivity contribution >= 4 is 32.7 Å². The van der Waals surface area contributed by atoms with Crippen LogP contribution in [0.5, 0.6) is 0 Å². The maximum atomic E-state index is 12.5. The molecule has 0 radical (unpaired) electrons. The molecule has 6 nitrogen and oxygen atoms in total. The van der Waals surface area contributed by atoms with Gasteiger partial charge in [-0.3, -0.25) is 0 Å². The second-order valence-corrected chi connectivity index (χ2v) is 7.69. The quantitative estimate of drug-likeness (QED) is 0.647. The fraction of sp³-hybridized carbons (Fsp3) is 0.188. The van der Waals surface area contributed by atoms with E-state index in [1.807, 2.05) is 12.1 Å². The average molecular weight is 366 g/mol. The first-order valence-electron chi connectivity index (χ1n) is 7.32. The first-order valence-corrected chi connectivity index (χ1v) is 9.18. The van der Waals surface area contributed by atoms with Gasteiger partial charge in [-0.1, -0.05) is 23.7 Å². The number of aromatic amines is 2. The van der Waals surface area contributed by atoms with E-state index in [9.17, 15) is 13.2 Å². The largest absolute Gasteiger partial charge is 0.323 e. The van der Waals surface area contributed by atoms with Crippen LogP contribution in [0, 0.1) is 6.92 Å². The van der Waals surface area contributed by atoms with Crippen LogP contribution in [0.15, 0.2) is 46.1 Å². The molecule has 8 heteroatoms. The standard InChI is InChI=1S/C16H16ClN3O3S/c1-10-8-13-14(20-16(21)19-13)9-15(10)24(22,23)18-7-6-11-2-4-12(17)5-3-11/h2-5,8-9,18H,6-7H2,1H3,(H2,19,20,21). The summed E-state index contributed by atoms with van der Waals surface area (Å²) in [5.74, 6) is 0. The summed E-state index contributed by atoms with van der Waals surface area (Å²) in [6.45, 7) is 1.96. The maximum absolute atomic E-state index is 12.5. The molecule has 3 N–H and O–H groups in total. The van der Waals surface area contributed by atoms with Gasteiger partial charge in [0.2, 0.25) is 10.0 Å². The van der Waals surface area contributed by atoms with Crippen LogP contribution in [0.4, 0.5) is 0 Å². The van der Waals surface area contributed by atoms with Crippen LogP contribution in [0.25, 0.3) is 11.0 Å². The molecule has 0 aliphatic heterocycles. The van der Waals surface area contributed by atoms with Gasteiger partial charge in [0, 0.05) is 11.6 Å². The summed E-state index contributed by atoms with van der Waals surface area (Å²) < 4.78 is 27.6. The molecule has 0 unspecified atom stereocenters. The van der Waals surface area contributed by atoms with Crippen molar-refractivity contribution < 1.29 is 8.42 Å². The number of benzene rings is 2. The van der Waals surface area contributed by atoms with Gasteiger partial charge >= 0.3 is 5.69 Å². The Bertz CT molecular complexity index is 1040. The molecule has 0 saturated carbocycles. The number of rotatable bonds is 5. The summed E-state index contributed by atoms with van der Waals surface area (Å²) in [4.78, 5) is 16.7. The fourth-order valence-electron chi connectivity index (χ4n) is 2.52. The van der Waals surface area contributed by atoms with Crippen molar-refractivity contribution in [2.45, 2.75) is 18.2 Å². The van der Waals surface area contributed by atoms with E-state index >= 15 is 0 Å². The second-order valence-electron chi connectivity index (χ2n) is 5.52. The molecular formula is C16H16ClN3O3S. The van der Waals surface area contributed by atoms with E-state index in [1.54, 1.807) is 25.1 Å². The topological polar surface area (TPSA) is 94.8 Å². The van der Waals surface area contributed by atoms with Crippen molar-refractivity contribution in [1.29, 1.82) is 0 Å². The Hall–Kier alpha value is -2.09. The van der Waals surface area contributed by atoms with Crippen LogP contribution < -0.4 is 10.4 Å². The zero-order chi connectivity index (χ0) is 17.3. The molecule has 2 aromatic carbocycles. The van der Waals surface area contributed by atoms with E-state index < -0.39 is 10.0 Å². The Balaban J connectivity index is 1.78. The van der Waals surface area contributed by atoms with Gasteiger partial charge in [-0.15, -0.1) is 0 Å². The summed E-state index contributed by atoms with van der Waals surface area (Å²) in [7, 11) is -3.66. The van der Waals surface area contributed by atoms with Crippen LogP contribution in [-0.2, 0) is 16.4 Å². The van der Waals surface area contributed by atoms with Gasteiger partial charge < -0.3 is 9.97 Å². The van der Waals surface area contributed by atoms with Gasteiger partial charge in [-0.2, -0.15) is 0 Å². The lowest BCUT2D eigenvalue weighted by Gasteiger charge is -2.09. The van der Waals surface area contributed by atoms with E-state index in [1.165, 1.54) is 6.07 Å². The van der Waals surface area contributed by atoms with E-state index in [2.05, 4.69) is 14.7 Å². The number of hydrogen-bond donors (Lipinski definition) is 3. The molecule has 0 atom stereocenters. The van der Waals surface area contributed by atoms with Crippen LogP contribution >= 0.6 is 11.6 Å². The highest BCUT2D eigenvalue weighted by atomic mass is 35.5. The zero-order valence-electron chi connectivity index (χ0n) is 12.9. The fourth-order valence-corrected chi connectivity index (χ4v) is 3.93. The van der Waals surface area contributed by atoms with Crippen LogP contribution in [0.3, 0.4) is 0 Å². The third-order valence-electron chi connectivity index (χ3n) is 3.72. The predicted molar refractivity (Wildman–Crippen MR) is 94.0 cm³/mol. The third kappa shape index (κ3) is 3.53. The third-order valence-corrected chi connectivity index (χ3v) is 5.58. The van der Waals surface area contributed by atoms with Crippen LogP contribution in [-0.4, -0.2) is 24.9 Å². The first-order chi connectivity index (χ1) is 11.3. The minimum Gasteiger partial charge on any atom is -0.306 e. The molecule has 1 aromatic heterocycles. The Kier molecular flexibility index (Phi) is 4.49. The van der Waals surface area contributed by atoms with Gasteiger partial charge in [0.25, 0.3) is 0 Å². The minimum atomic E-state index is -3.66. The highest BCUT2D eigenvalue weighted by Crippen LogP contribution is 2.20. The number of H-pyrrole nitrogens is 2. The number of aromatic nitrogens is 2. The molecule has 126 valence electrons. The van der Waals surface area contributed by atoms with Gasteiger partial charge in [0.1, 0.15) is 0 Å². The molecule has 0 bridgehead atoms. The van der Waals surface area contributed by atoms with Crippen molar-refractivity contribution in [1.82, 2.24) is 14.7 Å². The molecule has 0 aliphatic carbocycles. The smallest absolute Gasteiger partial charge is 0.306 e. The molecule has 0 spiro atoms. The Morgan fingerprint density at radius 2 is 1.71 bits per heavy atom. The molecule has 24 heavy (non-hydrogen) atoms. The van der Waals surface area contributed by atoms with Gasteiger partial charge in [-0.05, 0) is 48.7 Å². The lowest BCUT2D eigenvalue weighted by molar-refractivity contribution is 0.581.